The van der Waals surface area contributed by atoms with Gasteiger partial charge < -0.3 is 14.5 Å². The van der Waals surface area contributed by atoms with E-state index in [1.54, 1.807) is 28.4 Å². The summed E-state index contributed by atoms with van der Waals surface area (Å²) in [6, 6.07) is 15.7. The van der Waals surface area contributed by atoms with E-state index in [-0.39, 0.29) is 6.09 Å². The molecular weight excluding hydrogens is 346 g/mol. The number of anilines is 1. The van der Waals surface area contributed by atoms with Gasteiger partial charge >= 0.3 is 6.09 Å². The summed E-state index contributed by atoms with van der Waals surface area (Å²) in [5.41, 5.74) is 2.38. The first kappa shape index (κ1) is 16.8. The van der Waals surface area contributed by atoms with Crippen molar-refractivity contribution in [3.8, 4) is 5.75 Å². The Kier molecular flexibility index (Phi) is 4.75. The number of aromatic nitrogens is 1. The summed E-state index contributed by atoms with van der Waals surface area (Å²) >= 11 is 1.73. The molecule has 0 aliphatic carbocycles. The van der Waals surface area contributed by atoms with Crippen LogP contribution in [-0.4, -0.2) is 42.2 Å². The lowest BCUT2D eigenvalue weighted by Gasteiger charge is -2.33. The van der Waals surface area contributed by atoms with Gasteiger partial charge in [0.15, 0.2) is 5.13 Å². The van der Waals surface area contributed by atoms with Gasteiger partial charge in [0.25, 0.3) is 0 Å². The lowest BCUT2D eigenvalue weighted by molar-refractivity contribution is 0.149. The molecule has 1 fully saturated rings. The number of benzene rings is 2. The highest BCUT2D eigenvalue weighted by molar-refractivity contribution is 7.22. The standard InChI is InChI=1S/C20H21N3O2S/c1-2-15-8-9-17-18(14-15)26-19(21-17)22-10-12-23(13-11-22)20(24)25-16-6-4-3-5-7-16/h3-9,14H,2,10-13H2,1H3. The number of carbonyl (C=O) groups is 1. The zero-order valence-electron chi connectivity index (χ0n) is 14.7. The third kappa shape index (κ3) is 3.51. The smallest absolute Gasteiger partial charge is 0.410 e. The molecule has 6 heteroatoms. The molecule has 0 saturated carbocycles. The number of hydrogen-bond acceptors (Lipinski definition) is 5. The van der Waals surface area contributed by atoms with Crippen LogP contribution in [0.4, 0.5) is 9.93 Å². The number of piperazine rings is 1. The number of nitrogens with zero attached hydrogens (tertiary/aromatic N) is 3. The molecule has 0 bridgehead atoms. The Bertz CT molecular complexity index is 902. The molecule has 4 rings (SSSR count). The minimum atomic E-state index is -0.285. The van der Waals surface area contributed by atoms with Crippen molar-refractivity contribution in [2.24, 2.45) is 0 Å². The largest absolute Gasteiger partial charge is 0.415 e. The summed E-state index contributed by atoms with van der Waals surface area (Å²) in [6.07, 6.45) is 0.749. The summed E-state index contributed by atoms with van der Waals surface area (Å²) in [4.78, 5) is 21.1. The second-order valence-electron chi connectivity index (χ2n) is 6.31. The van der Waals surface area contributed by atoms with Crippen LogP contribution < -0.4 is 9.64 Å². The van der Waals surface area contributed by atoms with E-state index >= 15 is 0 Å². The molecule has 2 aromatic carbocycles. The second-order valence-corrected chi connectivity index (χ2v) is 7.32. The number of amides is 1. The Hall–Kier alpha value is -2.60. The average molecular weight is 367 g/mol. The highest BCUT2D eigenvalue weighted by Gasteiger charge is 2.24. The zero-order chi connectivity index (χ0) is 17.9. The maximum absolute atomic E-state index is 12.3. The van der Waals surface area contributed by atoms with Gasteiger partial charge in [-0.25, -0.2) is 9.78 Å². The molecule has 1 aromatic heterocycles. The number of hydrogen-bond donors (Lipinski definition) is 0. The second kappa shape index (κ2) is 7.33. The molecule has 3 aromatic rings. The summed E-state index contributed by atoms with van der Waals surface area (Å²) in [6.45, 7) is 4.98. The van der Waals surface area contributed by atoms with Gasteiger partial charge in [0, 0.05) is 26.2 Å². The highest BCUT2D eigenvalue weighted by Crippen LogP contribution is 2.30. The first-order chi connectivity index (χ1) is 12.7. The molecule has 134 valence electrons. The van der Waals surface area contributed by atoms with Crippen molar-refractivity contribution >= 4 is 32.8 Å². The van der Waals surface area contributed by atoms with Crippen LogP contribution in [-0.2, 0) is 6.42 Å². The Balaban J connectivity index is 1.39. The van der Waals surface area contributed by atoms with Crippen LogP contribution >= 0.6 is 11.3 Å². The Morgan fingerprint density at radius 1 is 1.12 bits per heavy atom. The molecule has 0 N–H and O–H groups in total. The minimum absolute atomic E-state index is 0.285. The van der Waals surface area contributed by atoms with Crippen molar-refractivity contribution in [2.45, 2.75) is 13.3 Å². The molecule has 5 nitrogen and oxygen atoms in total. The lowest BCUT2D eigenvalue weighted by Crippen LogP contribution is -2.49. The Labute approximate surface area is 156 Å². The molecule has 1 saturated heterocycles. The van der Waals surface area contributed by atoms with Crippen LogP contribution in [0.1, 0.15) is 12.5 Å². The number of thiazole rings is 1. The van der Waals surface area contributed by atoms with Crippen molar-refractivity contribution in [3.05, 3.63) is 54.1 Å². The first-order valence-electron chi connectivity index (χ1n) is 8.89. The van der Waals surface area contributed by atoms with Crippen molar-refractivity contribution in [3.63, 3.8) is 0 Å². The van der Waals surface area contributed by atoms with Crippen molar-refractivity contribution in [2.75, 3.05) is 31.1 Å². The Morgan fingerprint density at radius 3 is 2.62 bits per heavy atom. The molecule has 26 heavy (non-hydrogen) atoms. The van der Waals surface area contributed by atoms with Gasteiger partial charge in [-0.2, -0.15) is 0 Å². The predicted molar refractivity (Wildman–Crippen MR) is 105 cm³/mol. The van der Waals surface area contributed by atoms with E-state index < -0.39 is 0 Å². The van der Waals surface area contributed by atoms with E-state index in [1.165, 1.54) is 10.3 Å². The Morgan fingerprint density at radius 2 is 1.88 bits per heavy atom. The van der Waals surface area contributed by atoms with Crippen LogP contribution in [0.15, 0.2) is 48.5 Å². The molecule has 0 atom stereocenters. The van der Waals surface area contributed by atoms with Crippen LogP contribution in [0, 0.1) is 0 Å². The van der Waals surface area contributed by atoms with Gasteiger partial charge in [0.05, 0.1) is 10.2 Å². The topological polar surface area (TPSA) is 45.7 Å². The molecule has 1 amide bonds. The molecule has 1 aliphatic heterocycles. The molecule has 0 spiro atoms. The van der Waals surface area contributed by atoms with Crippen LogP contribution in [0.2, 0.25) is 0 Å². The summed E-state index contributed by atoms with van der Waals surface area (Å²) in [5.74, 6) is 0.581. The number of aryl methyl sites for hydroxylation is 1. The zero-order valence-corrected chi connectivity index (χ0v) is 15.5. The molecule has 2 heterocycles. The quantitative estimate of drug-likeness (QED) is 0.697. The van der Waals surface area contributed by atoms with Gasteiger partial charge in [-0.15, -0.1) is 0 Å². The SMILES string of the molecule is CCc1ccc2nc(N3CCN(C(=O)Oc4ccccc4)CC3)sc2c1. The average Bonchev–Trinajstić information content (AvgIpc) is 3.12. The fourth-order valence-electron chi connectivity index (χ4n) is 3.05. The van der Waals surface area contributed by atoms with E-state index in [1.807, 2.05) is 18.2 Å². The number of rotatable bonds is 3. The van der Waals surface area contributed by atoms with Crippen LogP contribution in [0.5, 0.6) is 5.75 Å². The first-order valence-corrected chi connectivity index (χ1v) is 9.71. The number of ether oxygens (including phenoxy) is 1. The normalized spacial score (nSPS) is 14.7. The van der Waals surface area contributed by atoms with Gasteiger partial charge in [0.1, 0.15) is 5.75 Å². The van der Waals surface area contributed by atoms with Crippen molar-refractivity contribution in [1.29, 1.82) is 0 Å². The van der Waals surface area contributed by atoms with Crippen LogP contribution in [0.25, 0.3) is 10.2 Å². The predicted octanol–water partition coefficient (Wildman–Crippen LogP) is 4.18. The number of carbonyl (C=O) groups excluding carboxylic acids is 1. The van der Waals surface area contributed by atoms with E-state index in [4.69, 9.17) is 9.72 Å². The van der Waals surface area contributed by atoms with Gasteiger partial charge in [-0.3, -0.25) is 0 Å². The van der Waals surface area contributed by atoms with E-state index in [2.05, 4.69) is 30.0 Å². The summed E-state index contributed by atoms with van der Waals surface area (Å²) < 4.78 is 6.65. The van der Waals surface area contributed by atoms with Gasteiger partial charge in [-0.1, -0.05) is 42.5 Å². The molecule has 1 aliphatic rings. The van der Waals surface area contributed by atoms with Crippen molar-refractivity contribution in [1.82, 2.24) is 9.88 Å². The molecular formula is C20H21N3O2S. The van der Waals surface area contributed by atoms with Gasteiger partial charge in [-0.05, 0) is 36.2 Å². The molecule has 0 radical (unpaired) electrons. The minimum Gasteiger partial charge on any atom is -0.410 e. The number of para-hydroxylation sites is 1. The summed E-state index contributed by atoms with van der Waals surface area (Å²) in [5, 5.41) is 1.03. The third-order valence-corrected chi connectivity index (χ3v) is 5.69. The maximum Gasteiger partial charge on any atom is 0.415 e. The fraction of sp³-hybridized carbons (Fsp3) is 0.300. The van der Waals surface area contributed by atoms with Crippen LogP contribution in [0.3, 0.4) is 0 Å². The molecule has 0 unspecified atom stereocenters. The van der Waals surface area contributed by atoms with E-state index in [0.29, 0.717) is 18.8 Å². The lowest BCUT2D eigenvalue weighted by atomic mass is 10.2. The van der Waals surface area contributed by atoms with E-state index in [0.717, 1.165) is 30.2 Å². The highest BCUT2D eigenvalue weighted by atomic mass is 32.1. The van der Waals surface area contributed by atoms with E-state index in [9.17, 15) is 4.79 Å². The van der Waals surface area contributed by atoms with Gasteiger partial charge in [0.2, 0.25) is 0 Å². The number of fused-ring (bicyclic) bond motifs is 1. The summed E-state index contributed by atoms with van der Waals surface area (Å²) in [7, 11) is 0. The maximum atomic E-state index is 12.3. The monoisotopic (exact) mass is 367 g/mol. The fourth-order valence-corrected chi connectivity index (χ4v) is 4.13. The van der Waals surface area contributed by atoms with Crippen molar-refractivity contribution < 1.29 is 9.53 Å². The third-order valence-electron chi connectivity index (χ3n) is 4.61.